The van der Waals surface area contributed by atoms with E-state index >= 15 is 0 Å². The maximum absolute atomic E-state index is 13.1. The van der Waals surface area contributed by atoms with Crippen molar-refractivity contribution in [3.05, 3.63) is 23.8 Å². The first kappa shape index (κ1) is 20.7. The first-order valence-electron chi connectivity index (χ1n) is 10.9. The number of ether oxygens (including phenoxy) is 2. The van der Waals surface area contributed by atoms with Crippen LogP contribution in [-0.2, 0) is 14.4 Å². The van der Waals surface area contributed by atoms with E-state index < -0.39 is 0 Å². The number of likely N-dealkylation sites (tertiary alicyclic amines) is 2. The Morgan fingerprint density at radius 2 is 1.70 bits per heavy atom. The van der Waals surface area contributed by atoms with Crippen molar-refractivity contribution in [1.82, 2.24) is 9.80 Å². The van der Waals surface area contributed by atoms with Gasteiger partial charge in [-0.2, -0.15) is 0 Å². The molecule has 1 aromatic carbocycles. The second kappa shape index (κ2) is 8.66. The van der Waals surface area contributed by atoms with Gasteiger partial charge in [-0.25, -0.2) is 0 Å². The van der Waals surface area contributed by atoms with E-state index in [1.54, 1.807) is 14.2 Å². The molecule has 3 aliphatic rings. The van der Waals surface area contributed by atoms with Gasteiger partial charge in [0.25, 0.3) is 0 Å². The summed E-state index contributed by atoms with van der Waals surface area (Å²) in [5.74, 6) is 0.937. The summed E-state index contributed by atoms with van der Waals surface area (Å²) >= 11 is 0. The molecule has 1 aliphatic carbocycles. The number of methoxy groups -OCH3 is 2. The van der Waals surface area contributed by atoms with E-state index in [1.807, 2.05) is 23.1 Å². The van der Waals surface area contributed by atoms with Crippen LogP contribution in [0.25, 0.3) is 0 Å². The Balaban J connectivity index is 1.45. The molecular formula is C23H30N2O5. The van der Waals surface area contributed by atoms with Crippen molar-refractivity contribution in [2.75, 3.05) is 27.3 Å². The minimum atomic E-state index is -0.165. The molecule has 162 valence electrons. The van der Waals surface area contributed by atoms with Crippen molar-refractivity contribution in [2.45, 2.75) is 51.0 Å². The molecule has 0 radical (unpaired) electrons. The second-order valence-electron chi connectivity index (χ2n) is 8.43. The molecule has 0 N–H and O–H groups in total. The molecule has 7 nitrogen and oxygen atoms in total. The van der Waals surface area contributed by atoms with Gasteiger partial charge < -0.3 is 14.4 Å². The summed E-state index contributed by atoms with van der Waals surface area (Å²) in [5.41, 5.74) is 0.932. The Kier molecular flexibility index (Phi) is 5.97. The lowest BCUT2D eigenvalue weighted by Crippen LogP contribution is -2.37. The van der Waals surface area contributed by atoms with Crippen molar-refractivity contribution in [1.29, 1.82) is 0 Å². The molecule has 1 saturated carbocycles. The highest BCUT2D eigenvalue weighted by atomic mass is 16.5. The van der Waals surface area contributed by atoms with Gasteiger partial charge in [-0.05, 0) is 43.9 Å². The summed E-state index contributed by atoms with van der Waals surface area (Å²) in [6, 6.07) is 5.54. The fourth-order valence-electron chi connectivity index (χ4n) is 5.29. The fourth-order valence-corrected chi connectivity index (χ4v) is 5.29. The molecule has 7 heteroatoms. The predicted molar refractivity (Wildman–Crippen MR) is 110 cm³/mol. The summed E-state index contributed by atoms with van der Waals surface area (Å²) < 4.78 is 10.9. The van der Waals surface area contributed by atoms with Crippen LogP contribution < -0.4 is 9.47 Å². The molecule has 2 aliphatic heterocycles. The van der Waals surface area contributed by atoms with Gasteiger partial charge in [-0.3, -0.25) is 19.3 Å². The number of hydrogen-bond donors (Lipinski definition) is 0. The Morgan fingerprint density at radius 1 is 1.00 bits per heavy atom. The summed E-state index contributed by atoms with van der Waals surface area (Å²) in [6.07, 6.45) is 5.52. The van der Waals surface area contributed by atoms with Gasteiger partial charge in [0.15, 0.2) is 0 Å². The summed E-state index contributed by atoms with van der Waals surface area (Å²) in [6.45, 7) is 0.846. The molecule has 30 heavy (non-hydrogen) atoms. The van der Waals surface area contributed by atoms with Crippen molar-refractivity contribution < 1.29 is 23.9 Å². The van der Waals surface area contributed by atoms with Crippen LogP contribution in [0, 0.1) is 11.8 Å². The molecule has 0 bridgehead atoms. The number of amides is 3. The number of imide groups is 1. The van der Waals surface area contributed by atoms with Crippen molar-refractivity contribution >= 4 is 17.7 Å². The zero-order valence-electron chi connectivity index (χ0n) is 17.8. The molecular weight excluding hydrogens is 384 g/mol. The summed E-state index contributed by atoms with van der Waals surface area (Å²) in [5, 5.41) is 0. The van der Waals surface area contributed by atoms with Gasteiger partial charge in [-0.15, -0.1) is 0 Å². The maximum atomic E-state index is 13.1. The van der Waals surface area contributed by atoms with Gasteiger partial charge in [0, 0.05) is 25.1 Å². The standard InChI is InChI=1S/C23H30N2O5/c1-29-15-9-10-20(30-2)18(14-15)19-8-5-12-24(19)21(26)11-13-25-22(27)16-6-3-4-7-17(16)23(25)28/h9-10,14,16-17,19H,3-8,11-13H2,1-2H3/t16-,17+,19-/m0/s1. The van der Waals surface area contributed by atoms with Crippen LogP contribution in [0.1, 0.15) is 56.6 Å². The Labute approximate surface area is 177 Å². The Morgan fingerprint density at radius 3 is 2.33 bits per heavy atom. The van der Waals surface area contributed by atoms with Crippen LogP contribution in [0.3, 0.4) is 0 Å². The average Bonchev–Trinajstić information content (AvgIpc) is 3.36. The fraction of sp³-hybridized carbons (Fsp3) is 0.609. The molecule has 0 spiro atoms. The number of carbonyl (C=O) groups is 3. The molecule has 4 rings (SSSR count). The van der Waals surface area contributed by atoms with E-state index in [2.05, 4.69) is 0 Å². The molecule has 2 saturated heterocycles. The van der Waals surface area contributed by atoms with Crippen LogP contribution in [0.4, 0.5) is 0 Å². The van der Waals surface area contributed by atoms with Gasteiger partial charge in [-0.1, -0.05) is 12.8 Å². The largest absolute Gasteiger partial charge is 0.497 e. The first-order valence-corrected chi connectivity index (χ1v) is 10.9. The second-order valence-corrected chi connectivity index (χ2v) is 8.43. The predicted octanol–water partition coefficient (Wildman–Crippen LogP) is 2.93. The minimum Gasteiger partial charge on any atom is -0.497 e. The van der Waals surface area contributed by atoms with Crippen LogP contribution in [0.5, 0.6) is 11.5 Å². The van der Waals surface area contributed by atoms with Crippen molar-refractivity contribution in [2.24, 2.45) is 11.8 Å². The number of carbonyl (C=O) groups excluding carboxylic acids is 3. The Hall–Kier alpha value is -2.57. The molecule has 3 atom stereocenters. The zero-order chi connectivity index (χ0) is 21.3. The van der Waals surface area contributed by atoms with E-state index in [1.165, 1.54) is 4.90 Å². The van der Waals surface area contributed by atoms with E-state index in [0.29, 0.717) is 6.54 Å². The molecule has 1 aromatic rings. The molecule has 0 aromatic heterocycles. The minimum absolute atomic E-state index is 0.0298. The topological polar surface area (TPSA) is 76.2 Å². The van der Waals surface area contributed by atoms with Crippen molar-refractivity contribution in [3.8, 4) is 11.5 Å². The number of benzene rings is 1. The van der Waals surface area contributed by atoms with Crippen LogP contribution in [0.2, 0.25) is 0 Å². The van der Waals surface area contributed by atoms with Crippen molar-refractivity contribution in [3.63, 3.8) is 0 Å². The number of nitrogens with zero attached hydrogens (tertiary/aromatic N) is 2. The van der Waals surface area contributed by atoms with Gasteiger partial charge in [0.2, 0.25) is 17.7 Å². The highest BCUT2D eigenvalue weighted by Gasteiger charge is 2.48. The molecule has 3 amide bonds. The monoisotopic (exact) mass is 414 g/mol. The summed E-state index contributed by atoms with van der Waals surface area (Å²) in [4.78, 5) is 41.6. The molecule has 2 heterocycles. The highest BCUT2D eigenvalue weighted by molar-refractivity contribution is 6.05. The van der Waals surface area contributed by atoms with Crippen LogP contribution in [-0.4, -0.2) is 54.8 Å². The number of hydrogen-bond acceptors (Lipinski definition) is 5. The number of rotatable bonds is 6. The normalized spacial score (nSPS) is 26.1. The van der Waals surface area contributed by atoms with E-state index in [-0.39, 0.29) is 48.6 Å². The molecule has 0 unspecified atom stereocenters. The average molecular weight is 415 g/mol. The lowest BCUT2D eigenvalue weighted by atomic mass is 9.81. The van der Waals surface area contributed by atoms with Gasteiger partial charge >= 0.3 is 0 Å². The van der Waals surface area contributed by atoms with Crippen LogP contribution in [0.15, 0.2) is 18.2 Å². The molecule has 3 fully saturated rings. The lowest BCUT2D eigenvalue weighted by Gasteiger charge is -2.27. The third-order valence-electron chi connectivity index (χ3n) is 6.85. The van der Waals surface area contributed by atoms with Gasteiger partial charge in [0.05, 0.1) is 32.1 Å². The number of fused-ring (bicyclic) bond motifs is 1. The van der Waals surface area contributed by atoms with Gasteiger partial charge in [0.1, 0.15) is 11.5 Å². The van der Waals surface area contributed by atoms with E-state index in [0.717, 1.165) is 55.6 Å². The quantitative estimate of drug-likeness (QED) is 0.669. The first-order chi connectivity index (χ1) is 14.5. The third-order valence-corrected chi connectivity index (χ3v) is 6.85. The lowest BCUT2D eigenvalue weighted by molar-refractivity contribution is -0.141. The van der Waals surface area contributed by atoms with E-state index in [4.69, 9.17) is 9.47 Å². The summed E-state index contributed by atoms with van der Waals surface area (Å²) in [7, 11) is 3.24. The SMILES string of the molecule is COc1ccc(OC)c([C@@H]2CCCN2C(=O)CCN2C(=O)[C@H]3CCCC[C@H]3C2=O)c1. The third kappa shape index (κ3) is 3.66. The maximum Gasteiger partial charge on any atom is 0.233 e. The van der Waals surface area contributed by atoms with Crippen LogP contribution >= 0.6 is 0 Å². The zero-order valence-corrected chi connectivity index (χ0v) is 17.8. The van der Waals surface area contributed by atoms with E-state index in [9.17, 15) is 14.4 Å². The highest BCUT2D eigenvalue weighted by Crippen LogP contribution is 2.40. The Bertz CT molecular complexity index is 815. The smallest absolute Gasteiger partial charge is 0.233 e.